The zero-order valence-electron chi connectivity index (χ0n) is 50.2. The van der Waals surface area contributed by atoms with Gasteiger partial charge in [0, 0.05) is 19.3 Å². The van der Waals surface area contributed by atoms with Crippen molar-refractivity contribution >= 4 is 17.9 Å². The van der Waals surface area contributed by atoms with Gasteiger partial charge in [0.2, 0.25) is 0 Å². The molecular formula is C71H118O6. The fourth-order valence-electron chi connectivity index (χ4n) is 8.62. The Bertz CT molecular complexity index is 1600. The van der Waals surface area contributed by atoms with Crippen molar-refractivity contribution in [2.75, 3.05) is 13.2 Å². The summed E-state index contributed by atoms with van der Waals surface area (Å²) >= 11 is 0. The standard InChI is InChI=1S/C71H118O6/c1-4-7-10-13-16-19-22-24-25-26-27-28-29-30-31-32-33-34-35-36-37-38-39-40-41-42-43-44-45-47-49-52-55-58-61-64-70(73)76-67-68(66-75-69(72)63-60-57-54-51-48-21-18-15-12-9-6-3)77-71(74)65-62-59-56-53-50-46-23-20-17-14-11-8-5-2/h7,10-11,14-16,18-20,23-25,27-28,30-31,33-34,36-37,68H,4-6,8-9,12-13,17,21-22,26,29,32,35,38-67H2,1-3H3/b10-7-,14-11-,18-15-,19-16-,23-20-,25-24-,28-27-,31-30-,34-33-,37-36-. The van der Waals surface area contributed by atoms with E-state index in [2.05, 4.69) is 142 Å². The van der Waals surface area contributed by atoms with Gasteiger partial charge >= 0.3 is 17.9 Å². The van der Waals surface area contributed by atoms with Crippen LogP contribution >= 0.6 is 0 Å². The third-order valence-electron chi connectivity index (χ3n) is 13.4. The first-order valence-corrected chi connectivity index (χ1v) is 32.0. The Morgan fingerprint density at radius 1 is 0.273 bits per heavy atom. The summed E-state index contributed by atoms with van der Waals surface area (Å²) in [5, 5.41) is 0. The zero-order valence-corrected chi connectivity index (χ0v) is 50.2. The van der Waals surface area contributed by atoms with Crippen molar-refractivity contribution in [3.63, 3.8) is 0 Å². The highest BCUT2D eigenvalue weighted by Crippen LogP contribution is 2.16. The molecule has 1 atom stereocenters. The van der Waals surface area contributed by atoms with Crippen LogP contribution < -0.4 is 0 Å². The van der Waals surface area contributed by atoms with Crippen molar-refractivity contribution < 1.29 is 28.6 Å². The lowest BCUT2D eigenvalue weighted by molar-refractivity contribution is -0.167. The van der Waals surface area contributed by atoms with E-state index in [0.29, 0.717) is 19.3 Å². The lowest BCUT2D eigenvalue weighted by Crippen LogP contribution is -2.30. The van der Waals surface area contributed by atoms with Crippen molar-refractivity contribution in [1.29, 1.82) is 0 Å². The highest BCUT2D eigenvalue weighted by atomic mass is 16.6. The van der Waals surface area contributed by atoms with Gasteiger partial charge in [-0.2, -0.15) is 0 Å². The number of hydrogen-bond donors (Lipinski definition) is 0. The average molecular weight is 1070 g/mol. The zero-order chi connectivity index (χ0) is 55.7. The Kier molecular flexibility index (Phi) is 60.8. The molecule has 0 rings (SSSR count). The molecule has 0 aliphatic carbocycles. The molecule has 0 saturated carbocycles. The first kappa shape index (κ1) is 72.8. The Morgan fingerprint density at radius 2 is 0.532 bits per heavy atom. The number of ether oxygens (including phenoxy) is 3. The maximum absolute atomic E-state index is 12.8. The SMILES string of the molecule is CC/C=C\C/C=C\C/C=C\C/C=C\C/C=C\C/C=C\C/C=C\CCCCCCCCCCCCCCCC(=O)OCC(COC(=O)CCCCCCC/C=C\CCCC)OC(=O)CCCCCCC/C=C\C/C=C\CCC. The summed E-state index contributed by atoms with van der Waals surface area (Å²) in [6.45, 7) is 6.41. The van der Waals surface area contributed by atoms with E-state index in [1.54, 1.807) is 0 Å². The van der Waals surface area contributed by atoms with Crippen molar-refractivity contribution in [2.45, 2.75) is 297 Å². The number of hydrogen-bond acceptors (Lipinski definition) is 6. The van der Waals surface area contributed by atoms with Gasteiger partial charge in [0.1, 0.15) is 13.2 Å². The summed E-state index contributed by atoms with van der Waals surface area (Å²) in [5.41, 5.74) is 0. The largest absolute Gasteiger partial charge is 0.462 e. The second kappa shape index (κ2) is 64.3. The second-order valence-corrected chi connectivity index (χ2v) is 20.9. The molecule has 0 amide bonds. The molecule has 0 aromatic heterocycles. The van der Waals surface area contributed by atoms with Gasteiger partial charge in [-0.05, 0) is 122 Å². The fourth-order valence-corrected chi connectivity index (χ4v) is 8.62. The molecule has 0 aliphatic rings. The van der Waals surface area contributed by atoms with Crippen molar-refractivity contribution in [3.05, 3.63) is 122 Å². The van der Waals surface area contributed by atoms with E-state index < -0.39 is 6.10 Å². The van der Waals surface area contributed by atoms with E-state index in [0.717, 1.165) is 141 Å². The normalized spacial score (nSPS) is 12.9. The van der Waals surface area contributed by atoms with E-state index in [4.69, 9.17) is 14.2 Å². The molecule has 77 heavy (non-hydrogen) atoms. The molecule has 1 unspecified atom stereocenters. The highest BCUT2D eigenvalue weighted by molar-refractivity contribution is 5.71. The van der Waals surface area contributed by atoms with Gasteiger partial charge < -0.3 is 14.2 Å². The lowest BCUT2D eigenvalue weighted by atomic mass is 10.0. The molecule has 0 aromatic rings. The summed E-state index contributed by atoms with van der Waals surface area (Å²) in [7, 11) is 0. The molecule has 0 spiro atoms. The van der Waals surface area contributed by atoms with Gasteiger partial charge in [-0.3, -0.25) is 14.4 Å². The minimum atomic E-state index is -0.789. The third-order valence-corrected chi connectivity index (χ3v) is 13.4. The van der Waals surface area contributed by atoms with Gasteiger partial charge in [-0.1, -0.05) is 271 Å². The van der Waals surface area contributed by atoms with Crippen LogP contribution in [-0.4, -0.2) is 37.2 Å². The monoisotopic (exact) mass is 1070 g/mol. The van der Waals surface area contributed by atoms with Crippen LogP contribution in [0.2, 0.25) is 0 Å². The van der Waals surface area contributed by atoms with Crippen LogP contribution in [0, 0.1) is 0 Å². The van der Waals surface area contributed by atoms with Crippen LogP contribution in [0.15, 0.2) is 122 Å². The summed E-state index contributed by atoms with van der Waals surface area (Å²) in [5.74, 6) is -0.910. The van der Waals surface area contributed by atoms with Gasteiger partial charge in [0.05, 0.1) is 0 Å². The Labute approximate surface area is 475 Å². The molecule has 0 fully saturated rings. The second-order valence-electron chi connectivity index (χ2n) is 20.9. The number of carbonyl (C=O) groups is 3. The molecule has 438 valence electrons. The molecular weight excluding hydrogens is 949 g/mol. The Morgan fingerprint density at radius 3 is 0.857 bits per heavy atom. The molecule has 0 aromatic carbocycles. The third kappa shape index (κ3) is 62.5. The summed E-state index contributed by atoms with van der Waals surface area (Å²) < 4.78 is 16.8. The number of allylic oxidation sites excluding steroid dienone is 20. The Balaban J connectivity index is 4.13. The number of esters is 3. The lowest BCUT2D eigenvalue weighted by Gasteiger charge is -2.18. The minimum Gasteiger partial charge on any atom is -0.462 e. The maximum Gasteiger partial charge on any atom is 0.306 e. The van der Waals surface area contributed by atoms with Gasteiger partial charge in [-0.25, -0.2) is 0 Å². The van der Waals surface area contributed by atoms with E-state index in [9.17, 15) is 14.4 Å². The van der Waals surface area contributed by atoms with Crippen molar-refractivity contribution in [3.8, 4) is 0 Å². The van der Waals surface area contributed by atoms with Crippen LogP contribution in [0.25, 0.3) is 0 Å². The number of unbranched alkanes of at least 4 members (excludes halogenated alkanes) is 26. The van der Waals surface area contributed by atoms with Gasteiger partial charge in [0.25, 0.3) is 0 Å². The van der Waals surface area contributed by atoms with Crippen LogP contribution in [-0.2, 0) is 28.6 Å². The molecule has 0 aliphatic heterocycles. The van der Waals surface area contributed by atoms with E-state index in [1.807, 2.05) is 0 Å². The summed E-state index contributed by atoms with van der Waals surface area (Å²) in [6, 6.07) is 0. The molecule has 0 N–H and O–H groups in total. The quantitative estimate of drug-likeness (QED) is 0.0261. The van der Waals surface area contributed by atoms with E-state index in [-0.39, 0.29) is 31.1 Å². The molecule has 0 heterocycles. The minimum absolute atomic E-state index is 0.0870. The van der Waals surface area contributed by atoms with Crippen LogP contribution in [0.3, 0.4) is 0 Å². The van der Waals surface area contributed by atoms with Crippen molar-refractivity contribution in [1.82, 2.24) is 0 Å². The molecule has 0 radical (unpaired) electrons. The average Bonchev–Trinajstić information content (AvgIpc) is 3.43. The molecule has 0 bridgehead atoms. The predicted octanol–water partition coefficient (Wildman–Crippen LogP) is 22.0. The first-order chi connectivity index (χ1) is 38.0. The van der Waals surface area contributed by atoms with Crippen LogP contribution in [0.4, 0.5) is 0 Å². The molecule has 0 saturated heterocycles. The van der Waals surface area contributed by atoms with E-state index >= 15 is 0 Å². The fraction of sp³-hybridized carbons (Fsp3) is 0.676. The summed E-state index contributed by atoms with van der Waals surface area (Å²) in [6.07, 6.45) is 89.4. The van der Waals surface area contributed by atoms with Crippen molar-refractivity contribution in [2.24, 2.45) is 0 Å². The summed E-state index contributed by atoms with van der Waals surface area (Å²) in [4.78, 5) is 38.1. The number of rotatable bonds is 57. The predicted molar refractivity (Wildman–Crippen MR) is 334 cm³/mol. The smallest absolute Gasteiger partial charge is 0.306 e. The van der Waals surface area contributed by atoms with Crippen LogP contribution in [0.5, 0.6) is 0 Å². The maximum atomic E-state index is 12.8. The van der Waals surface area contributed by atoms with Crippen LogP contribution in [0.1, 0.15) is 290 Å². The van der Waals surface area contributed by atoms with E-state index in [1.165, 1.54) is 109 Å². The Hall–Kier alpha value is -4.19. The topological polar surface area (TPSA) is 78.9 Å². The molecule has 6 nitrogen and oxygen atoms in total. The molecule has 6 heteroatoms. The number of carbonyl (C=O) groups excluding carboxylic acids is 3. The highest BCUT2D eigenvalue weighted by Gasteiger charge is 2.19. The first-order valence-electron chi connectivity index (χ1n) is 32.0. The van der Waals surface area contributed by atoms with Gasteiger partial charge in [-0.15, -0.1) is 0 Å². The van der Waals surface area contributed by atoms with Gasteiger partial charge in [0.15, 0.2) is 6.10 Å².